The lowest BCUT2D eigenvalue weighted by Crippen LogP contribution is -2.53. The molecule has 4 rings (SSSR count). The van der Waals surface area contributed by atoms with Crippen molar-refractivity contribution in [2.45, 2.75) is 52.1 Å². The maximum atomic E-state index is 12.9. The lowest BCUT2D eigenvalue weighted by Gasteiger charge is -2.53. The minimum absolute atomic E-state index is 0.0101. The summed E-state index contributed by atoms with van der Waals surface area (Å²) < 4.78 is 0. The highest BCUT2D eigenvalue weighted by atomic mass is 32.1. The first kappa shape index (κ1) is 22.9. The number of aromatic nitrogens is 2. The van der Waals surface area contributed by atoms with Gasteiger partial charge in [-0.05, 0) is 48.6 Å². The predicted molar refractivity (Wildman–Crippen MR) is 129 cm³/mol. The van der Waals surface area contributed by atoms with Crippen LogP contribution in [0, 0.1) is 23.2 Å². The Morgan fingerprint density at radius 1 is 1.53 bits per heavy atom. The highest BCUT2D eigenvalue weighted by Gasteiger charge is 2.54. The quantitative estimate of drug-likeness (QED) is 0.623. The maximum Gasteiger partial charge on any atom is 0.225 e. The van der Waals surface area contributed by atoms with Crippen LogP contribution in [0.15, 0.2) is 37.2 Å². The van der Waals surface area contributed by atoms with Crippen molar-refractivity contribution >= 4 is 28.1 Å². The summed E-state index contributed by atoms with van der Waals surface area (Å²) >= 11 is 1.71. The van der Waals surface area contributed by atoms with E-state index in [1.807, 2.05) is 19.1 Å². The number of pyridine rings is 1. The lowest BCUT2D eigenvalue weighted by molar-refractivity contribution is -0.143. The number of likely N-dealkylation sites (N-methyl/N-ethyl adjacent to an activating group) is 1. The van der Waals surface area contributed by atoms with Crippen LogP contribution in [0.2, 0.25) is 0 Å². The molecule has 2 aliphatic carbocycles. The van der Waals surface area contributed by atoms with Gasteiger partial charge in [-0.25, -0.2) is 4.98 Å². The Balaban J connectivity index is 1.57. The topological polar surface area (TPSA) is 78.4 Å². The number of nitrogens with one attached hydrogen (secondary N) is 1. The summed E-state index contributed by atoms with van der Waals surface area (Å²) in [4.78, 5) is 25.0. The highest BCUT2D eigenvalue weighted by Crippen LogP contribution is 2.57. The molecule has 6 nitrogen and oxygen atoms in total. The summed E-state index contributed by atoms with van der Waals surface area (Å²) in [6.07, 6.45) is 7.56. The minimum atomic E-state index is -0.524. The van der Waals surface area contributed by atoms with Crippen LogP contribution >= 0.6 is 11.3 Å². The molecule has 0 saturated heterocycles. The molecular weight excluding hydrogens is 420 g/mol. The van der Waals surface area contributed by atoms with E-state index in [9.17, 15) is 9.90 Å². The third kappa shape index (κ3) is 4.08. The van der Waals surface area contributed by atoms with Gasteiger partial charge in [0.25, 0.3) is 0 Å². The van der Waals surface area contributed by atoms with E-state index in [1.165, 1.54) is 4.88 Å². The number of carbonyl (C=O) groups is 1. The van der Waals surface area contributed by atoms with Crippen molar-refractivity contribution in [1.82, 2.24) is 14.9 Å². The zero-order valence-corrected chi connectivity index (χ0v) is 20.2. The van der Waals surface area contributed by atoms with Crippen LogP contribution in [0.1, 0.15) is 50.1 Å². The average molecular weight is 455 g/mol. The summed E-state index contributed by atoms with van der Waals surface area (Å²) in [7, 11) is 1.81. The first-order valence-corrected chi connectivity index (χ1v) is 12.3. The van der Waals surface area contributed by atoms with Crippen molar-refractivity contribution in [3.05, 3.63) is 47.8 Å². The number of anilines is 2. The molecule has 1 fully saturated rings. The molecule has 172 valence electrons. The molecule has 1 saturated carbocycles. The molecule has 2 aromatic heterocycles. The van der Waals surface area contributed by atoms with Gasteiger partial charge in [0.2, 0.25) is 5.91 Å². The van der Waals surface area contributed by atoms with Crippen LogP contribution in [-0.2, 0) is 11.2 Å². The number of rotatable bonds is 6. The van der Waals surface area contributed by atoms with Gasteiger partial charge < -0.3 is 15.3 Å². The van der Waals surface area contributed by atoms with Crippen LogP contribution in [0.3, 0.4) is 0 Å². The van der Waals surface area contributed by atoms with E-state index in [0.717, 1.165) is 35.8 Å². The van der Waals surface area contributed by atoms with Crippen LogP contribution in [0.25, 0.3) is 0 Å². The Morgan fingerprint density at radius 3 is 3.00 bits per heavy atom. The van der Waals surface area contributed by atoms with E-state index >= 15 is 0 Å². The van der Waals surface area contributed by atoms with Crippen molar-refractivity contribution in [2.24, 2.45) is 23.2 Å². The SMILES string of the molecule is C=CCN(C)C(=O)[C@@H](C)[C@H]1CC[C@]2(C)Cc3sc(Nc4cccnc4)nc3[C@H](C)[C@@H]2[C@H]1O. The monoisotopic (exact) mass is 454 g/mol. The molecule has 0 unspecified atom stereocenters. The van der Waals surface area contributed by atoms with Crippen LogP contribution in [0.5, 0.6) is 0 Å². The van der Waals surface area contributed by atoms with Gasteiger partial charge in [0.1, 0.15) is 0 Å². The third-order valence-electron chi connectivity index (χ3n) is 7.65. The van der Waals surface area contributed by atoms with Crippen molar-refractivity contribution in [3.63, 3.8) is 0 Å². The molecule has 2 heterocycles. The van der Waals surface area contributed by atoms with Crippen molar-refractivity contribution in [1.29, 1.82) is 0 Å². The molecule has 0 aromatic carbocycles. The number of nitrogens with zero attached hydrogens (tertiary/aromatic N) is 3. The summed E-state index contributed by atoms with van der Waals surface area (Å²) in [5, 5.41) is 15.8. The number of fused-ring (bicyclic) bond motifs is 2. The number of hydrogen-bond donors (Lipinski definition) is 2. The van der Waals surface area contributed by atoms with Gasteiger partial charge in [0.15, 0.2) is 5.13 Å². The van der Waals surface area contributed by atoms with E-state index in [0.29, 0.717) is 6.54 Å². The van der Waals surface area contributed by atoms with Crippen LogP contribution in [0.4, 0.5) is 10.8 Å². The number of hydrogen-bond acceptors (Lipinski definition) is 6. The number of thiazole rings is 1. The van der Waals surface area contributed by atoms with E-state index in [2.05, 4.69) is 30.7 Å². The molecule has 32 heavy (non-hydrogen) atoms. The smallest absolute Gasteiger partial charge is 0.225 e. The Morgan fingerprint density at radius 2 is 2.31 bits per heavy atom. The summed E-state index contributed by atoms with van der Waals surface area (Å²) in [5.41, 5.74) is 2.02. The second kappa shape index (κ2) is 8.94. The van der Waals surface area contributed by atoms with E-state index in [4.69, 9.17) is 4.98 Å². The fourth-order valence-electron chi connectivity index (χ4n) is 5.97. The van der Waals surface area contributed by atoms with Gasteiger partial charge in [-0.1, -0.05) is 26.8 Å². The van der Waals surface area contributed by atoms with Gasteiger partial charge in [-0.2, -0.15) is 0 Å². The molecule has 0 radical (unpaired) electrons. The number of aliphatic hydroxyl groups is 1. The molecule has 7 heteroatoms. The second-order valence-electron chi connectivity index (χ2n) is 9.83. The predicted octanol–water partition coefficient (Wildman–Crippen LogP) is 4.62. The molecule has 2 aromatic rings. The average Bonchev–Trinajstić information content (AvgIpc) is 3.15. The van der Waals surface area contributed by atoms with Gasteiger partial charge in [-0.15, -0.1) is 17.9 Å². The lowest BCUT2D eigenvalue weighted by atomic mass is 9.53. The van der Waals surface area contributed by atoms with E-state index in [-0.39, 0.29) is 35.0 Å². The van der Waals surface area contributed by atoms with E-state index in [1.54, 1.807) is 41.8 Å². The number of amides is 1. The Kier molecular flexibility index (Phi) is 6.41. The second-order valence-corrected chi connectivity index (χ2v) is 10.9. The summed E-state index contributed by atoms with van der Waals surface area (Å²) in [6.45, 7) is 10.7. The van der Waals surface area contributed by atoms with Gasteiger partial charge >= 0.3 is 0 Å². The number of aliphatic hydroxyl groups excluding tert-OH is 1. The minimum Gasteiger partial charge on any atom is -0.392 e. The standard InChI is InChI=1S/C25H34N4O2S/c1-6-12-29(5)23(31)15(2)18-9-10-25(4)13-19-21(16(3)20(25)22(18)30)28-24(32-19)27-17-8-7-11-26-14-17/h6-8,11,14-16,18,20,22,30H,1,9-10,12-13H2,2-5H3,(H,27,28)/t15-,16+,18+,20+,22-,25+/m0/s1. The van der Waals surface area contributed by atoms with Crippen LogP contribution in [-0.4, -0.2) is 45.6 Å². The zero-order chi connectivity index (χ0) is 23.0. The normalized spacial score (nSPS) is 30.0. The van der Waals surface area contributed by atoms with Gasteiger partial charge in [0, 0.05) is 36.5 Å². The Labute approximate surface area is 194 Å². The molecule has 0 spiro atoms. The van der Waals surface area contributed by atoms with Gasteiger partial charge in [0.05, 0.1) is 23.7 Å². The molecule has 1 amide bonds. The van der Waals surface area contributed by atoms with Crippen molar-refractivity contribution < 1.29 is 9.90 Å². The molecule has 0 bridgehead atoms. The largest absolute Gasteiger partial charge is 0.392 e. The molecule has 2 N–H and O–H groups in total. The Hall–Kier alpha value is -2.25. The number of carbonyl (C=O) groups excluding carboxylic acids is 1. The first-order valence-electron chi connectivity index (χ1n) is 11.5. The summed E-state index contributed by atoms with van der Waals surface area (Å²) in [6, 6.07) is 3.88. The van der Waals surface area contributed by atoms with Gasteiger partial charge in [-0.3, -0.25) is 9.78 Å². The van der Waals surface area contributed by atoms with Crippen molar-refractivity contribution in [3.8, 4) is 0 Å². The molecule has 6 atom stereocenters. The molecule has 2 aliphatic rings. The molecule has 0 aliphatic heterocycles. The summed E-state index contributed by atoms with van der Waals surface area (Å²) in [5.74, 6) is 0.0469. The highest BCUT2D eigenvalue weighted by molar-refractivity contribution is 7.15. The first-order chi connectivity index (χ1) is 15.2. The zero-order valence-electron chi connectivity index (χ0n) is 19.4. The van der Waals surface area contributed by atoms with Crippen LogP contribution < -0.4 is 5.32 Å². The van der Waals surface area contributed by atoms with Crippen molar-refractivity contribution in [2.75, 3.05) is 18.9 Å². The fourth-order valence-corrected chi connectivity index (χ4v) is 7.26. The Bertz CT molecular complexity index is 978. The fraction of sp³-hybridized carbons (Fsp3) is 0.560. The maximum absolute atomic E-state index is 12.9. The van der Waals surface area contributed by atoms with E-state index < -0.39 is 6.10 Å². The third-order valence-corrected chi connectivity index (χ3v) is 8.63. The molecular formula is C25H34N4O2S.